The molecule has 0 atom stereocenters. The minimum atomic E-state index is -0.607. The summed E-state index contributed by atoms with van der Waals surface area (Å²) < 4.78 is 127. The predicted molar refractivity (Wildman–Crippen MR) is 227 cm³/mol. The minimum absolute atomic E-state index is 0.0232. The first kappa shape index (κ1) is 20.1. The highest BCUT2D eigenvalue weighted by Gasteiger charge is 2.18. The van der Waals surface area contributed by atoms with Gasteiger partial charge in [-0.15, -0.1) is 0 Å². The molecular formula is C51H31N3O. The fourth-order valence-corrected chi connectivity index (χ4v) is 7.20. The first-order valence-corrected chi connectivity index (χ1v) is 17.4. The SMILES string of the molecule is [2H]c1cc([2H])c2oc3c([2H])c([2H])c(-c4c([2H])c([2H])c([2H])c([2H])c4[2H])cc3c2c1-c1ccc2ccc(-c3nc(-c4c([2H])c([2H])c([2H])c([2H])c4[2H])nc(-c4cc5ccccc5c5ccccc45)n3)cc2c1. The lowest BCUT2D eigenvalue weighted by atomic mass is 9.95. The van der Waals surface area contributed by atoms with Gasteiger partial charge in [-0.3, -0.25) is 0 Å². The van der Waals surface area contributed by atoms with Gasteiger partial charge in [-0.2, -0.15) is 0 Å². The van der Waals surface area contributed by atoms with E-state index >= 15 is 0 Å². The molecule has 0 radical (unpaired) electrons. The van der Waals surface area contributed by atoms with Gasteiger partial charge in [0.1, 0.15) is 11.2 Å². The van der Waals surface area contributed by atoms with Crippen LogP contribution in [0.3, 0.4) is 0 Å². The lowest BCUT2D eigenvalue weighted by Gasteiger charge is -2.13. The lowest BCUT2D eigenvalue weighted by molar-refractivity contribution is 0.669. The molecule has 0 aliphatic carbocycles. The molecule has 0 bridgehead atoms. The van der Waals surface area contributed by atoms with E-state index in [1.54, 1.807) is 12.1 Å². The molecule has 0 aliphatic heterocycles. The number of benzene rings is 9. The van der Waals surface area contributed by atoms with Crippen molar-refractivity contribution >= 4 is 54.3 Å². The summed E-state index contributed by atoms with van der Waals surface area (Å²) >= 11 is 0. The van der Waals surface area contributed by atoms with E-state index in [4.69, 9.17) is 37.2 Å². The van der Waals surface area contributed by atoms with Gasteiger partial charge in [-0.25, -0.2) is 15.0 Å². The van der Waals surface area contributed by atoms with Crippen LogP contribution >= 0.6 is 0 Å². The van der Waals surface area contributed by atoms with Crippen LogP contribution in [0, 0.1) is 0 Å². The molecule has 4 heteroatoms. The van der Waals surface area contributed by atoms with Crippen molar-refractivity contribution in [3.8, 4) is 56.4 Å². The van der Waals surface area contributed by atoms with Gasteiger partial charge in [-0.1, -0.05) is 151 Å². The Morgan fingerprint density at radius 1 is 0.364 bits per heavy atom. The van der Waals surface area contributed by atoms with Crippen LogP contribution < -0.4 is 0 Å². The molecule has 0 spiro atoms. The molecular weight excluding hydrogens is 671 g/mol. The Labute approximate surface area is 336 Å². The second kappa shape index (κ2) is 12.6. The zero-order valence-electron chi connectivity index (χ0n) is 42.6. The molecule has 11 rings (SSSR count). The largest absolute Gasteiger partial charge is 0.456 e. The Morgan fingerprint density at radius 2 is 1.04 bits per heavy atom. The Kier molecular flexibility index (Phi) is 4.62. The van der Waals surface area contributed by atoms with Crippen molar-refractivity contribution in [2.75, 3.05) is 0 Å². The molecule has 2 aromatic heterocycles. The summed E-state index contributed by atoms with van der Waals surface area (Å²) in [5, 5.41) is 5.56. The highest BCUT2D eigenvalue weighted by Crippen LogP contribution is 2.40. The molecule has 256 valence electrons. The first-order valence-electron chi connectivity index (χ1n) is 24.4. The van der Waals surface area contributed by atoms with Gasteiger partial charge in [0, 0.05) is 27.5 Å². The van der Waals surface area contributed by atoms with Gasteiger partial charge in [0.2, 0.25) is 0 Å². The van der Waals surface area contributed by atoms with E-state index in [2.05, 4.69) is 0 Å². The van der Waals surface area contributed by atoms with Gasteiger partial charge in [0.25, 0.3) is 0 Å². The third kappa shape index (κ3) is 5.34. The van der Waals surface area contributed by atoms with E-state index in [-0.39, 0.29) is 68.2 Å². The number of hydrogen-bond donors (Lipinski definition) is 0. The highest BCUT2D eigenvalue weighted by atomic mass is 16.3. The second-order valence-electron chi connectivity index (χ2n) is 12.9. The summed E-state index contributed by atoms with van der Waals surface area (Å²) in [5.74, 6) is 0.214. The molecule has 2 heterocycles. The topological polar surface area (TPSA) is 51.8 Å². The van der Waals surface area contributed by atoms with Gasteiger partial charge < -0.3 is 4.42 Å². The quantitative estimate of drug-likeness (QED) is 0.166. The van der Waals surface area contributed by atoms with Crippen LogP contribution in [0.5, 0.6) is 0 Å². The molecule has 0 aliphatic rings. The third-order valence-electron chi connectivity index (χ3n) is 9.74. The Bertz CT molecular complexity index is 4040. The van der Waals surface area contributed by atoms with Gasteiger partial charge in [0.15, 0.2) is 17.5 Å². The number of furan rings is 1. The summed E-state index contributed by atoms with van der Waals surface area (Å²) in [5.41, 5.74) is 1.30. The maximum absolute atomic E-state index is 9.22. The molecule has 0 saturated carbocycles. The summed E-state index contributed by atoms with van der Waals surface area (Å²) in [6, 6.07) is 24.7. The molecule has 0 N–H and O–H groups in total. The van der Waals surface area contributed by atoms with E-state index in [0.717, 1.165) is 26.9 Å². The summed E-state index contributed by atoms with van der Waals surface area (Å²) in [4.78, 5) is 14.6. The summed E-state index contributed by atoms with van der Waals surface area (Å²) in [6.07, 6.45) is 0. The smallest absolute Gasteiger partial charge is 0.164 e. The van der Waals surface area contributed by atoms with Crippen LogP contribution in [-0.2, 0) is 0 Å². The maximum Gasteiger partial charge on any atom is 0.164 e. The molecule has 4 nitrogen and oxygen atoms in total. The zero-order valence-corrected chi connectivity index (χ0v) is 28.6. The Hall–Kier alpha value is -7.43. The van der Waals surface area contributed by atoms with Crippen molar-refractivity contribution in [3.05, 3.63) is 188 Å². The van der Waals surface area contributed by atoms with E-state index in [9.17, 15) is 1.37 Å². The van der Waals surface area contributed by atoms with Crippen LogP contribution in [0.2, 0.25) is 0 Å². The standard InChI is InChI=1S/C51H31N3O/c1-3-12-32(13-4-1)35-26-27-46-45(30-35)48-41(20-11-21-47(48)55-46)37-24-22-33-23-25-38(29-39(33)28-37)50-52-49(34-14-5-2-6-15-34)53-51(54-50)44-31-36-16-7-8-17-40(36)42-18-9-10-19-43(42)44/h1-31H/i1D,2D,3D,4D,5D,6D,12D,13D,14D,15D,20D,21D,26D,27D. The second-order valence-corrected chi connectivity index (χ2v) is 12.9. The van der Waals surface area contributed by atoms with Crippen LogP contribution in [-0.4, -0.2) is 15.0 Å². The van der Waals surface area contributed by atoms with Crippen molar-refractivity contribution < 1.29 is 23.6 Å². The predicted octanol–water partition coefficient (Wildman–Crippen LogP) is 13.6. The van der Waals surface area contributed by atoms with Crippen molar-refractivity contribution in [2.45, 2.75) is 0 Å². The molecule has 0 unspecified atom stereocenters. The molecule has 9 aromatic carbocycles. The molecule has 0 saturated heterocycles. The molecule has 0 amide bonds. The average Bonchev–Trinajstić information content (AvgIpc) is 3.74. The molecule has 55 heavy (non-hydrogen) atoms. The van der Waals surface area contributed by atoms with Crippen LogP contribution in [0.25, 0.3) is 111 Å². The van der Waals surface area contributed by atoms with Crippen LogP contribution in [0.15, 0.2) is 192 Å². The van der Waals surface area contributed by atoms with Crippen molar-refractivity contribution in [1.29, 1.82) is 0 Å². The van der Waals surface area contributed by atoms with E-state index in [0.29, 0.717) is 27.6 Å². The van der Waals surface area contributed by atoms with E-state index in [1.807, 2.05) is 78.9 Å². The van der Waals surface area contributed by atoms with Crippen molar-refractivity contribution in [3.63, 3.8) is 0 Å². The van der Waals surface area contributed by atoms with E-state index < -0.39 is 72.5 Å². The first-order chi connectivity index (χ1) is 33.0. The summed E-state index contributed by atoms with van der Waals surface area (Å²) in [6.45, 7) is 0. The van der Waals surface area contributed by atoms with Crippen LogP contribution in [0.4, 0.5) is 0 Å². The minimum Gasteiger partial charge on any atom is -0.456 e. The Morgan fingerprint density at radius 3 is 1.85 bits per heavy atom. The molecule has 11 aromatic rings. The normalized spacial score (nSPS) is 15.2. The van der Waals surface area contributed by atoms with Gasteiger partial charge in [0.05, 0.1) is 19.2 Å². The number of nitrogens with zero attached hydrogens (tertiary/aromatic N) is 3. The third-order valence-corrected chi connectivity index (χ3v) is 9.74. The summed E-state index contributed by atoms with van der Waals surface area (Å²) in [7, 11) is 0. The fourth-order valence-electron chi connectivity index (χ4n) is 7.20. The number of hydrogen-bond acceptors (Lipinski definition) is 4. The van der Waals surface area contributed by atoms with Crippen LogP contribution in [0.1, 0.15) is 19.2 Å². The lowest BCUT2D eigenvalue weighted by Crippen LogP contribution is -2.00. The average molecular weight is 716 g/mol. The Balaban J connectivity index is 1.14. The van der Waals surface area contributed by atoms with Gasteiger partial charge in [-0.05, 0) is 90.9 Å². The number of fused-ring (bicyclic) bond motifs is 7. The zero-order chi connectivity index (χ0) is 48.5. The maximum atomic E-state index is 9.22. The van der Waals surface area contributed by atoms with Crippen molar-refractivity contribution in [2.24, 2.45) is 0 Å². The van der Waals surface area contributed by atoms with Crippen molar-refractivity contribution in [1.82, 2.24) is 15.0 Å². The molecule has 0 fully saturated rings. The fraction of sp³-hybridized carbons (Fsp3) is 0. The monoisotopic (exact) mass is 715 g/mol. The number of aromatic nitrogens is 3. The highest BCUT2D eigenvalue weighted by molar-refractivity contribution is 6.14. The van der Waals surface area contributed by atoms with E-state index in [1.165, 1.54) is 12.1 Å². The van der Waals surface area contributed by atoms with Gasteiger partial charge >= 0.3 is 0 Å². The number of rotatable bonds is 5.